The van der Waals surface area contributed by atoms with Crippen molar-refractivity contribution in [2.24, 2.45) is 5.41 Å². The average molecular weight is 200 g/mol. The van der Waals surface area contributed by atoms with Crippen molar-refractivity contribution < 1.29 is 14.3 Å². The van der Waals surface area contributed by atoms with E-state index in [4.69, 9.17) is 4.74 Å². The SMILES string of the molecule is CCCCOC(=O)NCC(C)(C)[C]=O. The van der Waals surface area contributed by atoms with Gasteiger partial charge >= 0.3 is 6.09 Å². The van der Waals surface area contributed by atoms with E-state index < -0.39 is 11.5 Å². The Balaban J connectivity index is 3.58. The molecule has 14 heavy (non-hydrogen) atoms. The summed E-state index contributed by atoms with van der Waals surface area (Å²) in [5, 5.41) is 2.51. The predicted molar refractivity (Wildman–Crippen MR) is 53.7 cm³/mol. The molecule has 0 atom stereocenters. The Morgan fingerprint density at radius 2 is 2.14 bits per heavy atom. The highest BCUT2D eigenvalue weighted by Gasteiger charge is 2.18. The number of unbranched alkanes of at least 4 members (excludes halogenated alkanes) is 1. The zero-order valence-corrected chi connectivity index (χ0v) is 9.05. The first kappa shape index (κ1) is 12.9. The van der Waals surface area contributed by atoms with E-state index in [9.17, 15) is 9.59 Å². The second-order valence-corrected chi connectivity index (χ2v) is 3.83. The Bertz CT molecular complexity index is 190. The van der Waals surface area contributed by atoms with Gasteiger partial charge in [-0.2, -0.15) is 0 Å². The second kappa shape index (κ2) is 6.40. The summed E-state index contributed by atoms with van der Waals surface area (Å²) >= 11 is 0. The van der Waals surface area contributed by atoms with Crippen LogP contribution in [0.25, 0.3) is 0 Å². The number of amides is 1. The lowest BCUT2D eigenvalue weighted by Gasteiger charge is -2.15. The quantitative estimate of drug-likeness (QED) is 0.663. The summed E-state index contributed by atoms with van der Waals surface area (Å²) in [6.07, 6.45) is 3.22. The molecule has 0 saturated heterocycles. The molecule has 0 aliphatic carbocycles. The molecule has 4 heteroatoms. The number of hydrogen-bond donors (Lipinski definition) is 1. The van der Waals surface area contributed by atoms with E-state index in [0.717, 1.165) is 12.8 Å². The van der Waals surface area contributed by atoms with Crippen LogP contribution < -0.4 is 5.32 Å². The highest BCUT2D eigenvalue weighted by atomic mass is 16.5. The van der Waals surface area contributed by atoms with Gasteiger partial charge in [0.15, 0.2) is 0 Å². The topological polar surface area (TPSA) is 55.4 Å². The summed E-state index contributed by atoms with van der Waals surface area (Å²) < 4.78 is 4.84. The first-order valence-electron chi connectivity index (χ1n) is 4.82. The van der Waals surface area contributed by atoms with Crippen LogP contribution in [0.4, 0.5) is 4.79 Å². The lowest BCUT2D eigenvalue weighted by molar-refractivity contribution is 0.142. The van der Waals surface area contributed by atoms with Crippen molar-refractivity contribution in [1.82, 2.24) is 5.32 Å². The molecule has 1 amide bonds. The maximum Gasteiger partial charge on any atom is 0.407 e. The van der Waals surface area contributed by atoms with Gasteiger partial charge in [0, 0.05) is 12.0 Å². The Hall–Kier alpha value is -1.06. The molecule has 0 aromatic carbocycles. The molecule has 0 fully saturated rings. The third kappa shape index (κ3) is 6.46. The van der Waals surface area contributed by atoms with Crippen molar-refractivity contribution in [1.29, 1.82) is 0 Å². The normalized spacial score (nSPS) is 10.8. The number of carbonyl (C=O) groups excluding carboxylic acids is 2. The third-order valence-corrected chi connectivity index (χ3v) is 1.68. The van der Waals surface area contributed by atoms with Crippen LogP contribution in [0, 0.1) is 5.41 Å². The minimum atomic E-state index is -0.649. The molecule has 0 saturated carbocycles. The highest BCUT2D eigenvalue weighted by Crippen LogP contribution is 2.08. The lowest BCUT2D eigenvalue weighted by atomic mass is 9.96. The van der Waals surface area contributed by atoms with Gasteiger partial charge in [-0.1, -0.05) is 27.2 Å². The zero-order valence-electron chi connectivity index (χ0n) is 9.05. The van der Waals surface area contributed by atoms with Crippen LogP contribution in [-0.2, 0) is 9.53 Å². The van der Waals surface area contributed by atoms with Crippen molar-refractivity contribution >= 4 is 12.4 Å². The Morgan fingerprint density at radius 3 is 2.64 bits per heavy atom. The van der Waals surface area contributed by atoms with E-state index in [0.29, 0.717) is 6.61 Å². The van der Waals surface area contributed by atoms with E-state index >= 15 is 0 Å². The largest absolute Gasteiger partial charge is 0.450 e. The molecule has 1 N–H and O–H groups in total. The number of hydrogen-bond acceptors (Lipinski definition) is 3. The van der Waals surface area contributed by atoms with E-state index in [1.807, 2.05) is 13.2 Å². The molecule has 0 aliphatic heterocycles. The van der Waals surface area contributed by atoms with Crippen molar-refractivity contribution in [3.05, 3.63) is 0 Å². The highest BCUT2D eigenvalue weighted by molar-refractivity contribution is 5.68. The van der Waals surface area contributed by atoms with Gasteiger partial charge in [-0.25, -0.2) is 4.79 Å². The zero-order chi connectivity index (χ0) is 11.0. The van der Waals surface area contributed by atoms with Gasteiger partial charge in [-0.15, -0.1) is 0 Å². The number of carbonyl (C=O) groups is 1. The van der Waals surface area contributed by atoms with Crippen LogP contribution in [0.1, 0.15) is 33.6 Å². The molecule has 0 unspecified atom stereocenters. The van der Waals surface area contributed by atoms with Crippen LogP contribution in [0.15, 0.2) is 0 Å². The molecule has 0 spiro atoms. The summed E-state index contributed by atoms with van der Waals surface area (Å²) in [5.41, 5.74) is -0.649. The van der Waals surface area contributed by atoms with Gasteiger partial charge in [-0.05, 0) is 6.42 Å². The first-order valence-corrected chi connectivity index (χ1v) is 4.82. The molecular formula is C10H18NO3. The number of rotatable bonds is 6. The van der Waals surface area contributed by atoms with E-state index in [-0.39, 0.29) is 6.54 Å². The van der Waals surface area contributed by atoms with Crippen LogP contribution in [-0.4, -0.2) is 25.5 Å². The smallest absolute Gasteiger partial charge is 0.407 e. The Kier molecular flexibility index (Phi) is 5.92. The van der Waals surface area contributed by atoms with Crippen LogP contribution >= 0.6 is 0 Å². The van der Waals surface area contributed by atoms with E-state index in [1.165, 1.54) is 0 Å². The van der Waals surface area contributed by atoms with Crippen LogP contribution in [0.2, 0.25) is 0 Å². The molecule has 0 rings (SSSR count). The van der Waals surface area contributed by atoms with Crippen molar-refractivity contribution in [2.45, 2.75) is 33.6 Å². The lowest BCUT2D eigenvalue weighted by Crippen LogP contribution is -2.35. The monoisotopic (exact) mass is 200 g/mol. The fourth-order valence-electron chi connectivity index (χ4n) is 0.689. The molecule has 0 heterocycles. The molecule has 0 aromatic rings. The minimum Gasteiger partial charge on any atom is -0.450 e. The molecule has 0 aliphatic rings. The molecule has 0 bridgehead atoms. The Morgan fingerprint density at radius 1 is 1.50 bits per heavy atom. The molecular weight excluding hydrogens is 182 g/mol. The summed E-state index contributed by atoms with van der Waals surface area (Å²) in [6.45, 7) is 6.10. The minimum absolute atomic E-state index is 0.251. The average Bonchev–Trinajstić information content (AvgIpc) is 2.16. The second-order valence-electron chi connectivity index (χ2n) is 3.83. The van der Waals surface area contributed by atoms with Gasteiger partial charge in [0.25, 0.3) is 0 Å². The molecule has 81 valence electrons. The van der Waals surface area contributed by atoms with Crippen LogP contribution in [0.5, 0.6) is 0 Å². The maximum absolute atomic E-state index is 11.0. The van der Waals surface area contributed by atoms with Gasteiger partial charge in [0.2, 0.25) is 6.29 Å². The van der Waals surface area contributed by atoms with Crippen molar-refractivity contribution in [3.63, 3.8) is 0 Å². The standard InChI is InChI=1S/C10H18NO3/c1-4-5-6-14-9(13)11-7-10(2,3)8-12/h4-7H2,1-3H3,(H,11,13). The van der Waals surface area contributed by atoms with Crippen molar-refractivity contribution in [2.75, 3.05) is 13.2 Å². The van der Waals surface area contributed by atoms with E-state index in [1.54, 1.807) is 13.8 Å². The molecule has 0 aromatic heterocycles. The summed E-state index contributed by atoms with van der Waals surface area (Å²) in [4.78, 5) is 21.4. The van der Waals surface area contributed by atoms with Crippen LogP contribution in [0.3, 0.4) is 0 Å². The first-order chi connectivity index (χ1) is 6.52. The number of ether oxygens (including phenoxy) is 1. The fourth-order valence-corrected chi connectivity index (χ4v) is 0.689. The van der Waals surface area contributed by atoms with Gasteiger partial charge in [0.05, 0.1) is 6.61 Å². The molecule has 4 nitrogen and oxygen atoms in total. The number of nitrogens with one attached hydrogen (secondary N) is 1. The summed E-state index contributed by atoms with van der Waals surface area (Å²) in [5.74, 6) is 0. The summed E-state index contributed by atoms with van der Waals surface area (Å²) in [6, 6.07) is 0. The van der Waals surface area contributed by atoms with Gasteiger partial charge in [-0.3, -0.25) is 4.79 Å². The van der Waals surface area contributed by atoms with Gasteiger partial charge < -0.3 is 10.1 Å². The molecule has 1 radical (unpaired) electrons. The predicted octanol–water partition coefficient (Wildman–Crippen LogP) is 1.65. The van der Waals surface area contributed by atoms with Crippen molar-refractivity contribution in [3.8, 4) is 0 Å². The van der Waals surface area contributed by atoms with E-state index in [2.05, 4.69) is 5.32 Å². The fraction of sp³-hybridized carbons (Fsp3) is 0.800. The van der Waals surface area contributed by atoms with Gasteiger partial charge in [0.1, 0.15) is 0 Å². The Labute approximate surface area is 85.0 Å². The maximum atomic E-state index is 11.0. The third-order valence-electron chi connectivity index (χ3n) is 1.68. The summed E-state index contributed by atoms with van der Waals surface area (Å²) in [7, 11) is 0. The number of alkyl carbamates (subject to hydrolysis) is 1.